The molecule has 2 aromatic rings. The van der Waals surface area contributed by atoms with Crippen LogP contribution in [0.15, 0.2) is 48.5 Å². The van der Waals surface area contributed by atoms with Crippen molar-refractivity contribution >= 4 is 29.9 Å². The molecule has 0 saturated carbocycles. The number of ether oxygens (including phenoxy) is 1. The number of carbonyl (C=O) groups excluding carboxylic acids is 1. The van der Waals surface area contributed by atoms with E-state index in [0.29, 0.717) is 11.6 Å². The van der Waals surface area contributed by atoms with Gasteiger partial charge in [0, 0.05) is 12.5 Å². The third-order valence-electron chi connectivity index (χ3n) is 5.74. The van der Waals surface area contributed by atoms with Gasteiger partial charge in [0.25, 0.3) is 0 Å². The predicted molar refractivity (Wildman–Crippen MR) is 128 cm³/mol. The Kier molecular flexibility index (Phi) is 7.61. The van der Waals surface area contributed by atoms with Gasteiger partial charge in [0.05, 0.1) is 8.07 Å². The van der Waals surface area contributed by atoms with Gasteiger partial charge in [-0.2, -0.15) is 26.3 Å². The van der Waals surface area contributed by atoms with E-state index in [1.807, 2.05) is 30.3 Å². The second kappa shape index (κ2) is 9.80. The first-order valence-corrected chi connectivity index (χ1v) is 16.2. The Morgan fingerprint density at radius 2 is 1.74 bits per heavy atom. The van der Waals surface area contributed by atoms with Crippen LogP contribution in [0.25, 0.3) is 0 Å². The molecule has 6 nitrogen and oxygen atoms in total. The van der Waals surface area contributed by atoms with Crippen LogP contribution in [0.1, 0.15) is 17.5 Å². The van der Waals surface area contributed by atoms with Crippen LogP contribution in [0.2, 0.25) is 25.7 Å². The maximum Gasteiger partial charge on any atom is 0.389 e. The zero-order valence-electron chi connectivity index (χ0n) is 19.5. The van der Waals surface area contributed by atoms with E-state index < -0.39 is 40.7 Å². The number of rotatable bonds is 9. The van der Waals surface area contributed by atoms with E-state index in [1.165, 1.54) is 18.2 Å². The minimum atomic E-state index is -4.33. The van der Waals surface area contributed by atoms with Gasteiger partial charge in [-0.25, -0.2) is 4.79 Å². The van der Waals surface area contributed by atoms with Crippen molar-refractivity contribution < 1.29 is 31.1 Å². The molecule has 2 aromatic carbocycles. The summed E-state index contributed by atoms with van der Waals surface area (Å²) in [4.78, 5) is 13.1. The molecular formula is C23H30F3N2O4SSi+. The smallest absolute Gasteiger partial charge is 0.389 e. The van der Waals surface area contributed by atoms with E-state index in [9.17, 15) is 26.4 Å². The average Bonchev–Trinajstić information content (AvgIpc) is 2.98. The van der Waals surface area contributed by atoms with E-state index in [1.54, 1.807) is 0 Å². The lowest BCUT2D eigenvalue weighted by Crippen LogP contribution is -2.57. The Morgan fingerprint density at radius 3 is 2.29 bits per heavy atom. The van der Waals surface area contributed by atoms with Crippen LogP contribution in [0.3, 0.4) is 0 Å². The number of benzene rings is 2. The molecule has 3 rings (SSSR count). The lowest BCUT2D eigenvalue weighted by atomic mass is 10.1. The lowest BCUT2D eigenvalue weighted by molar-refractivity contribution is -0.134. The fourth-order valence-electron chi connectivity index (χ4n) is 3.80. The standard InChI is InChI=1S/C23H30F3N2O4SSi/c1-34(2,3)14-13-28(22(29)16-27-33(28,30)31)20-10-9-18(11-12-23(24,25)26)15-21(20)32-17-19-7-5-4-6-8-19/h4-10,15,27H,11-14,16-17H2,1-3H3/q+1. The molecule has 0 bridgehead atoms. The van der Waals surface area contributed by atoms with Crippen molar-refractivity contribution in [3.05, 3.63) is 59.7 Å². The number of hydrogen-bond donors (Lipinski definition) is 1. The number of nitrogens with zero attached hydrogens (tertiary/aromatic N) is 1. The summed E-state index contributed by atoms with van der Waals surface area (Å²) in [6.45, 7) is 6.01. The fourth-order valence-corrected chi connectivity index (χ4v) is 6.56. The first-order valence-electron chi connectivity index (χ1n) is 11.0. The summed E-state index contributed by atoms with van der Waals surface area (Å²) in [6, 6.07) is 14.0. The van der Waals surface area contributed by atoms with Gasteiger partial charge in [0.1, 0.15) is 19.7 Å². The summed E-state index contributed by atoms with van der Waals surface area (Å²) in [7, 11) is -5.88. The number of carbonyl (C=O) groups is 1. The summed E-state index contributed by atoms with van der Waals surface area (Å²) in [5.41, 5.74) is 1.28. The number of nitrogens with one attached hydrogen (secondary N) is 1. The van der Waals surface area contributed by atoms with Gasteiger partial charge in [-0.1, -0.05) is 56.0 Å². The van der Waals surface area contributed by atoms with Crippen molar-refractivity contribution in [2.75, 3.05) is 13.1 Å². The summed E-state index contributed by atoms with van der Waals surface area (Å²) < 4.78 is 72.2. The minimum Gasteiger partial charge on any atom is -0.483 e. The molecule has 1 unspecified atom stereocenters. The molecule has 1 atom stereocenters. The predicted octanol–water partition coefficient (Wildman–Crippen LogP) is 4.78. The van der Waals surface area contributed by atoms with Gasteiger partial charge in [0.2, 0.25) is 0 Å². The normalized spacial score (nSPS) is 20.5. The van der Waals surface area contributed by atoms with E-state index in [4.69, 9.17) is 4.74 Å². The third-order valence-corrected chi connectivity index (χ3v) is 9.38. The fraction of sp³-hybridized carbons (Fsp3) is 0.435. The van der Waals surface area contributed by atoms with E-state index in [2.05, 4.69) is 24.4 Å². The van der Waals surface area contributed by atoms with Crippen molar-refractivity contribution in [2.24, 2.45) is 0 Å². The van der Waals surface area contributed by atoms with Crippen LogP contribution in [0, 0.1) is 0 Å². The molecular weight excluding hydrogens is 485 g/mol. The second-order valence-corrected chi connectivity index (χ2v) is 17.1. The van der Waals surface area contributed by atoms with Crippen molar-refractivity contribution in [1.29, 1.82) is 0 Å². The first-order chi connectivity index (χ1) is 15.7. The number of quaternary nitrogens is 1. The Balaban J connectivity index is 2.08. The highest BCUT2D eigenvalue weighted by molar-refractivity contribution is 7.90. The molecule has 34 heavy (non-hydrogen) atoms. The summed E-state index contributed by atoms with van der Waals surface area (Å²) in [6.07, 6.45) is -5.62. The highest BCUT2D eigenvalue weighted by atomic mass is 32.2. The van der Waals surface area contributed by atoms with Gasteiger partial charge in [-0.15, -0.1) is 3.89 Å². The molecule has 1 N–H and O–H groups in total. The zero-order chi connectivity index (χ0) is 25.2. The lowest BCUT2D eigenvalue weighted by Gasteiger charge is -2.31. The Labute approximate surface area is 199 Å². The van der Waals surface area contributed by atoms with Crippen LogP contribution in [0.4, 0.5) is 18.9 Å². The molecule has 1 fully saturated rings. The quantitative estimate of drug-likeness (QED) is 0.385. The number of hydrogen-bond acceptors (Lipinski definition) is 4. The van der Waals surface area contributed by atoms with Crippen LogP contribution in [-0.4, -0.2) is 41.7 Å². The van der Waals surface area contributed by atoms with Crippen LogP contribution in [0.5, 0.6) is 5.75 Å². The maximum absolute atomic E-state index is 13.2. The molecule has 1 saturated heterocycles. The molecule has 0 spiro atoms. The molecule has 1 amide bonds. The highest BCUT2D eigenvalue weighted by Gasteiger charge is 2.58. The van der Waals surface area contributed by atoms with Crippen LogP contribution >= 0.6 is 0 Å². The van der Waals surface area contributed by atoms with Crippen molar-refractivity contribution in [1.82, 2.24) is 8.61 Å². The van der Waals surface area contributed by atoms with Crippen LogP contribution in [-0.2, 0) is 28.0 Å². The van der Waals surface area contributed by atoms with Gasteiger partial charge in [-0.05, 0) is 29.7 Å². The monoisotopic (exact) mass is 515 g/mol. The van der Waals surface area contributed by atoms with Gasteiger partial charge in [-0.3, -0.25) is 0 Å². The van der Waals surface area contributed by atoms with E-state index in [-0.39, 0.29) is 37.6 Å². The third kappa shape index (κ3) is 6.07. The van der Waals surface area contributed by atoms with Crippen molar-refractivity contribution in [3.63, 3.8) is 0 Å². The molecule has 11 heteroatoms. The maximum atomic E-state index is 13.2. The number of aryl methyl sites for hydroxylation is 1. The molecule has 0 radical (unpaired) electrons. The van der Waals surface area contributed by atoms with Crippen LogP contribution < -0.4 is 13.3 Å². The largest absolute Gasteiger partial charge is 0.483 e. The zero-order valence-corrected chi connectivity index (χ0v) is 21.3. The first kappa shape index (κ1) is 26.4. The van der Waals surface area contributed by atoms with Gasteiger partial charge in [0.15, 0.2) is 11.4 Å². The molecule has 1 aliphatic heterocycles. The van der Waals surface area contributed by atoms with E-state index in [0.717, 1.165) is 5.56 Å². The van der Waals surface area contributed by atoms with Crippen molar-refractivity contribution in [3.8, 4) is 5.75 Å². The molecule has 0 aliphatic carbocycles. The average molecular weight is 516 g/mol. The van der Waals surface area contributed by atoms with Gasteiger partial charge < -0.3 is 4.74 Å². The SMILES string of the molecule is C[Si](C)(C)CC[N+]1(c2ccc(CCC(F)(F)F)cc2OCc2ccccc2)C(=O)CNS1(=O)=O. The molecule has 1 heterocycles. The number of halogens is 3. The summed E-state index contributed by atoms with van der Waals surface area (Å²) in [5.74, 6) is -0.439. The topological polar surface area (TPSA) is 72.5 Å². The Morgan fingerprint density at radius 1 is 1.06 bits per heavy atom. The van der Waals surface area contributed by atoms with E-state index >= 15 is 0 Å². The van der Waals surface area contributed by atoms with Crippen molar-refractivity contribution in [2.45, 2.75) is 51.3 Å². The Bertz CT molecular complexity index is 1140. The molecule has 1 aliphatic rings. The number of alkyl halides is 3. The van der Waals surface area contributed by atoms with Gasteiger partial charge >= 0.3 is 22.3 Å². The Hall–Kier alpha value is -2.21. The molecule has 0 aromatic heterocycles. The minimum absolute atomic E-state index is 0.0352. The highest BCUT2D eigenvalue weighted by Crippen LogP contribution is 2.41. The second-order valence-electron chi connectivity index (χ2n) is 9.66. The number of amides is 1. The summed E-state index contributed by atoms with van der Waals surface area (Å²) in [5, 5.41) is 0. The summed E-state index contributed by atoms with van der Waals surface area (Å²) >= 11 is 0. The molecule has 186 valence electrons.